The molecule has 10 heteroatoms. The molecular weight excluding hydrogens is 612 g/mol. The standard InChI is InChI=1S/C22H23Br3N2O5/c1-8-4-11(5-9(2)17(8)23)26-14(28)7-32-22(31)10(3)27-20(29)15-12-6-13(16(15)21(27)30)19(25)18(12)24/h4-5,10,12-13,15-16,18-19H,6-7H2,1-3H3,(H,26,28)/t10-,12+,13+,15+,16+,18-,19-/m0/s1. The number of amides is 3. The highest BCUT2D eigenvalue weighted by Crippen LogP contribution is 2.60. The first-order valence-electron chi connectivity index (χ1n) is 10.4. The number of hydrogen-bond acceptors (Lipinski definition) is 5. The maximum atomic E-state index is 13.0. The van der Waals surface area contributed by atoms with Gasteiger partial charge in [0, 0.05) is 19.8 Å². The minimum absolute atomic E-state index is 0.0719. The lowest BCUT2D eigenvalue weighted by Gasteiger charge is -2.28. The molecule has 7 atom stereocenters. The van der Waals surface area contributed by atoms with Crippen LogP contribution in [0, 0.1) is 37.5 Å². The topological polar surface area (TPSA) is 92.8 Å². The molecule has 1 N–H and O–H groups in total. The number of carbonyl (C=O) groups excluding carboxylic acids is 4. The van der Waals surface area contributed by atoms with Crippen LogP contribution in [0.3, 0.4) is 0 Å². The lowest BCUT2D eigenvalue weighted by molar-refractivity contribution is -0.159. The molecule has 4 rings (SSSR count). The van der Waals surface area contributed by atoms with Crippen molar-refractivity contribution in [3.63, 3.8) is 0 Å². The zero-order chi connectivity index (χ0) is 23.5. The average molecular weight is 635 g/mol. The van der Waals surface area contributed by atoms with E-state index in [0.717, 1.165) is 26.9 Å². The summed E-state index contributed by atoms with van der Waals surface area (Å²) in [6, 6.07) is 2.54. The molecule has 1 heterocycles. The van der Waals surface area contributed by atoms with Crippen molar-refractivity contribution in [2.45, 2.75) is 42.9 Å². The lowest BCUT2D eigenvalue weighted by Crippen LogP contribution is -2.45. The van der Waals surface area contributed by atoms with Gasteiger partial charge in [0.05, 0.1) is 11.8 Å². The van der Waals surface area contributed by atoms with Gasteiger partial charge in [0.25, 0.3) is 5.91 Å². The second kappa shape index (κ2) is 8.83. The minimum atomic E-state index is -1.08. The van der Waals surface area contributed by atoms with Crippen molar-refractivity contribution in [1.82, 2.24) is 4.90 Å². The Kier molecular flexibility index (Phi) is 6.59. The fraction of sp³-hybridized carbons (Fsp3) is 0.545. The molecule has 0 radical (unpaired) electrons. The smallest absolute Gasteiger partial charge is 0.329 e. The van der Waals surface area contributed by atoms with E-state index in [2.05, 4.69) is 53.1 Å². The summed E-state index contributed by atoms with van der Waals surface area (Å²) in [5.74, 6) is -2.54. The largest absolute Gasteiger partial charge is 0.454 e. The van der Waals surface area contributed by atoms with E-state index in [1.807, 2.05) is 26.0 Å². The number of aryl methyl sites for hydroxylation is 2. The summed E-state index contributed by atoms with van der Waals surface area (Å²) in [6.45, 7) is 4.79. The summed E-state index contributed by atoms with van der Waals surface area (Å²) in [4.78, 5) is 52.2. The molecule has 2 aliphatic carbocycles. The molecule has 2 saturated carbocycles. The number of carbonyl (C=O) groups is 4. The van der Waals surface area contributed by atoms with Crippen LogP contribution in [-0.2, 0) is 23.9 Å². The monoisotopic (exact) mass is 632 g/mol. The first kappa shape index (κ1) is 23.9. The van der Waals surface area contributed by atoms with E-state index >= 15 is 0 Å². The predicted molar refractivity (Wildman–Crippen MR) is 129 cm³/mol. The van der Waals surface area contributed by atoms with E-state index in [1.165, 1.54) is 6.92 Å². The third-order valence-electron chi connectivity index (χ3n) is 6.82. The summed E-state index contributed by atoms with van der Waals surface area (Å²) >= 11 is 10.8. The van der Waals surface area contributed by atoms with Gasteiger partial charge in [-0.25, -0.2) is 4.79 Å². The third kappa shape index (κ3) is 3.86. The molecule has 0 aromatic heterocycles. The number of likely N-dealkylation sites (tertiary alicyclic amines) is 1. The van der Waals surface area contributed by atoms with Gasteiger partial charge in [-0.15, -0.1) is 0 Å². The van der Waals surface area contributed by atoms with E-state index in [9.17, 15) is 19.2 Å². The number of rotatable bonds is 5. The number of fused-ring (bicyclic) bond motifs is 5. The zero-order valence-electron chi connectivity index (χ0n) is 17.7. The number of anilines is 1. The number of hydrogen-bond donors (Lipinski definition) is 1. The number of halogens is 3. The van der Waals surface area contributed by atoms with Crippen LogP contribution in [0.1, 0.15) is 24.5 Å². The van der Waals surface area contributed by atoms with E-state index < -0.39 is 36.4 Å². The second-order valence-corrected chi connectivity index (χ2v) is 11.7. The average Bonchev–Trinajstić information content (AvgIpc) is 3.34. The van der Waals surface area contributed by atoms with E-state index in [-0.39, 0.29) is 33.3 Å². The highest BCUT2D eigenvalue weighted by molar-refractivity contribution is 9.12. The number of nitrogens with one attached hydrogen (secondary N) is 1. The molecule has 3 fully saturated rings. The fourth-order valence-electron chi connectivity index (χ4n) is 5.33. The SMILES string of the molecule is Cc1cc(NC(=O)COC(=O)[C@H](C)N2C(=O)[C@@H]3[C@H]4C[C@@H]([C@H](Br)[C@H]4Br)[C@H]3C2=O)cc(C)c1Br. The minimum Gasteiger partial charge on any atom is -0.454 e. The Balaban J connectivity index is 1.37. The summed E-state index contributed by atoms with van der Waals surface area (Å²) < 4.78 is 6.10. The highest BCUT2D eigenvalue weighted by Gasteiger charge is 2.67. The van der Waals surface area contributed by atoms with Gasteiger partial charge in [-0.1, -0.05) is 47.8 Å². The maximum absolute atomic E-state index is 13.0. The van der Waals surface area contributed by atoms with Crippen LogP contribution in [0.25, 0.3) is 0 Å². The zero-order valence-corrected chi connectivity index (χ0v) is 22.5. The Bertz CT molecular complexity index is 960. The Labute approximate surface area is 211 Å². The van der Waals surface area contributed by atoms with Gasteiger partial charge in [0.1, 0.15) is 6.04 Å². The lowest BCUT2D eigenvalue weighted by atomic mass is 9.81. The third-order valence-corrected chi connectivity index (χ3v) is 11.3. The number of imide groups is 1. The highest BCUT2D eigenvalue weighted by atomic mass is 79.9. The van der Waals surface area contributed by atoms with Crippen LogP contribution in [-0.4, -0.2) is 50.9 Å². The van der Waals surface area contributed by atoms with Crippen molar-refractivity contribution < 1.29 is 23.9 Å². The van der Waals surface area contributed by atoms with E-state index in [1.54, 1.807) is 0 Å². The van der Waals surface area contributed by atoms with Crippen molar-refractivity contribution in [3.05, 3.63) is 27.7 Å². The molecule has 0 unspecified atom stereocenters. The summed E-state index contributed by atoms with van der Waals surface area (Å²) in [7, 11) is 0. The van der Waals surface area contributed by atoms with Crippen LogP contribution in [0.4, 0.5) is 5.69 Å². The maximum Gasteiger partial charge on any atom is 0.329 e. The molecule has 1 aromatic rings. The quantitative estimate of drug-likeness (QED) is 0.303. The van der Waals surface area contributed by atoms with Gasteiger partial charge >= 0.3 is 5.97 Å². The Morgan fingerprint density at radius 3 is 2.09 bits per heavy atom. The number of alkyl halides is 2. The molecule has 7 nitrogen and oxygen atoms in total. The number of nitrogens with zero attached hydrogens (tertiary/aromatic N) is 1. The van der Waals surface area contributed by atoms with Crippen LogP contribution in [0.5, 0.6) is 0 Å². The molecular formula is C22H23Br3N2O5. The molecule has 2 bridgehead atoms. The van der Waals surface area contributed by atoms with Crippen LogP contribution >= 0.6 is 47.8 Å². The normalized spacial score (nSPS) is 31.6. The van der Waals surface area contributed by atoms with Gasteiger partial charge in [-0.3, -0.25) is 19.3 Å². The summed E-state index contributed by atoms with van der Waals surface area (Å²) in [6.07, 6.45) is 0.820. The molecule has 172 valence electrons. The van der Waals surface area contributed by atoms with Crippen molar-refractivity contribution in [2.75, 3.05) is 11.9 Å². The molecule has 1 aromatic carbocycles. The van der Waals surface area contributed by atoms with Gasteiger partial charge in [-0.2, -0.15) is 0 Å². The van der Waals surface area contributed by atoms with Crippen molar-refractivity contribution in [2.24, 2.45) is 23.7 Å². The number of esters is 1. The van der Waals surface area contributed by atoms with Gasteiger partial charge < -0.3 is 10.1 Å². The summed E-state index contributed by atoms with van der Waals surface area (Å²) in [5, 5.41) is 2.70. The summed E-state index contributed by atoms with van der Waals surface area (Å²) in [5.41, 5.74) is 2.53. The Morgan fingerprint density at radius 2 is 1.59 bits per heavy atom. The second-order valence-electron chi connectivity index (χ2n) is 8.81. The fourth-order valence-corrected chi connectivity index (χ4v) is 7.43. The van der Waals surface area contributed by atoms with Crippen LogP contribution in [0.15, 0.2) is 16.6 Å². The first-order valence-corrected chi connectivity index (χ1v) is 13.0. The van der Waals surface area contributed by atoms with Crippen LogP contribution in [0.2, 0.25) is 0 Å². The van der Waals surface area contributed by atoms with Gasteiger partial charge in [0.15, 0.2) is 6.61 Å². The van der Waals surface area contributed by atoms with Crippen molar-refractivity contribution in [1.29, 1.82) is 0 Å². The molecule has 0 spiro atoms. The van der Waals surface area contributed by atoms with E-state index in [4.69, 9.17) is 4.74 Å². The number of ether oxygens (including phenoxy) is 1. The van der Waals surface area contributed by atoms with E-state index in [0.29, 0.717) is 5.69 Å². The molecule has 1 aliphatic heterocycles. The number of benzene rings is 1. The Morgan fingerprint density at radius 1 is 1.09 bits per heavy atom. The molecule has 32 heavy (non-hydrogen) atoms. The Hall–Kier alpha value is -1.26. The van der Waals surface area contributed by atoms with Crippen LogP contribution < -0.4 is 5.32 Å². The molecule has 3 aliphatic rings. The van der Waals surface area contributed by atoms with Gasteiger partial charge in [0.2, 0.25) is 11.8 Å². The molecule has 3 amide bonds. The first-order chi connectivity index (χ1) is 15.0. The predicted octanol–water partition coefficient (Wildman–Crippen LogP) is 3.71. The van der Waals surface area contributed by atoms with Gasteiger partial charge in [-0.05, 0) is 62.3 Å². The van der Waals surface area contributed by atoms with Crippen molar-refractivity contribution >= 4 is 77.2 Å². The molecule has 1 saturated heterocycles. The van der Waals surface area contributed by atoms with Crippen molar-refractivity contribution in [3.8, 4) is 0 Å².